The van der Waals surface area contributed by atoms with Crippen LogP contribution in [0.3, 0.4) is 0 Å². The van der Waals surface area contributed by atoms with Gasteiger partial charge in [0.25, 0.3) is 0 Å². The quantitative estimate of drug-likeness (QED) is 0.897. The Labute approximate surface area is 112 Å². The van der Waals surface area contributed by atoms with E-state index in [-0.39, 0.29) is 5.82 Å². The normalized spacial score (nSPS) is 10.5. The summed E-state index contributed by atoms with van der Waals surface area (Å²) in [7, 11) is 1.62. The van der Waals surface area contributed by atoms with Gasteiger partial charge < -0.3 is 10.1 Å². The Bertz CT molecular complexity index is 558. The van der Waals surface area contributed by atoms with E-state index < -0.39 is 0 Å². The zero-order valence-corrected chi connectivity index (χ0v) is 11.1. The highest BCUT2D eigenvalue weighted by molar-refractivity contribution is 5.68. The molecule has 0 bridgehead atoms. The Morgan fingerprint density at radius 3 is 2.79 bits per heavy atom. The van der Waals surface area contributed by atoms with Crippen LogP contribution in [0, 0.1) is 5.82 Å². The fourth-order valence-corrected chi connectivity index (χ4v) is 1.96. The van der Waals surface area contributed by atoms with Crippen molar-refractivity contribution < 1.29 is 9.13 Å². The van der Waals surface area contributed by atoms with Crippen molar-refractivity contribution in [2.24, 2.45) is 0 Å². The molecular formula is C15H17FN2O. The van der Waals surface area contributed by atoms with E-state index in [4.69, 9.17) is 4.74 Å². The molecule has 0 unspecified atom stereocenters. The molecule has 0 amide bonds. The maximum absolute atomic E-state index is 13.8. The van der Waals surface area contributed by atoms with Gasteiger partial charge >= 0.3 is 0 Å². The Hall–Kier alpha value is -1.94. The number of methoxy groups -OCH3 is 1. The first-order chi connectivity index (χ1) is 9.26. The van der Waals surface area contributed by atoms with Crippen LogP contribution in [0.4, 0.5) is 4.39 Å². The van der Waals surface area contributed by atoms with Gasteiger partial charge in [-0.05, 0) is 35.9 Å². The van der Waals surface area contributed by atoms with E-state index in [2.05, 4.69) is 10.3 Å². The fourth-order valence-electron chi connectivity index (χ4n) is 1.96. The highest BCUT2D eigenvalue weighted by atomic mass is 19.1. The van der Waals surface area contributed by atoms with Crippen molar-refractivity contribution in [3.63, 3.8) is 0 Å². The smallest absolute Gasteiger partial charge is 0.149 e. The van der Waals surface area contributed by atoms with Crippen LogP contribution in [0.2, 0.25) is 0 Å². The first-order valence-corrected chi connectivity index (χ1v) is 6.23. The second-order valence-electron chi connectivity index (χ2n) is 4.16. The largest absolute Gasteiger partial charge is 0.497 e. The number of aromatic nitrogens is 1. The molecule has 0 saturated heterocycles. The highest BCUT2D eigenvalue weighted by Crippen LogP contribution is 2.28. The van der Waals surface area contributed by atoms with E-state index in [1.807, 2.05) is 25.1 Å². The molecule has 3 nitrogen and oxygen atoms in total. The van der Waals surface area contributed by atoms with Crippen molar-refractivity contribution in [3.05, 3.63) is 48.0 Å². The predicted octanol–water partition coefficient (Wildman–Crippen LogP) is 3.01. The monoisotopic (exact) mass is 260 g/mol. The molecule has 19 heavy (non-hydrogen) atoms. The SMILES string of the molecule is CCNCc1cc(OC)ccc1-c1ccncc1F. The van der Waals surface area contributed by atoms with Gasteiger partial charge in [-0.15, -0.1) is 0 Å². The van der Waals surface area contributed by atoms with E-state index in [1.54, 1.807) is 19.4 Å². The summed E-state index contributed by atoms with van der Waals surface area (Å²) in [5.74, 6) is 0.455. The van der Waals surface area contributed by atoms with Crippen molar-refractivity contribution in [3.8, 4) is 16.9 Å². The standard InChI is InChI=1S/C15H17FN2O/c1-3-17-9-11-8-12(19-2)4-5-13(11)14-6-7-18-10-15(14)16/h4-8,10,17H,3,9H2,1-2H3. The maximum atomic E-state index is 13.8. The van der Waals surface area contributed by atoms with E-state index in [0.29, 0.717) is 12.1 Å². The average Bonchev–Trinajstić information content (AvgIpc) is 2.45. The van der Waals surface area contributed by atoms with E-state index in [1.165, 1.54) is 6.20 Å². The molecule has 0 aliphatic carbocycles. The Balaban J connectivity index is 2.46. The number of hydrogen-bond donors (Lipinski definition) is 1. The predicted molar refractivity (Wildman–Crippen MR) is 73.6 cm³/mol. The Morgan fingerprint density at radius 2 is 2.11 bits per heavy atom. The molecule has 1 aromatic carbocycles. The molecule has 100 valence electrons. The van der Waals surface area contributed by atoms with Crippen LogP contribution in [0.5, 0.6) is 5.75 Å². The van der Waals surface area contributed by atoms with E-state index >= 15 is 0 Å². The summed E-state index contributed by atoms with van der Waals surface area (Å²) in [5.41, 5.74) is 2.43. The third-order valence-corrected chi connectivity index (χ3v) is 2.94. The summed E-state index contributed by atoms with van der Waals surface area (Å²) in [5, 5.41) is 3.25. The topological polar surface area (TPSA) is 34.1 Å². The molecule has 4 heteroatoms. The van der Waals surface area contributed by atoms with Gasteiger partial charge in [-0.1, -0.05) is 13.0 Å². The lowest BCUT2D eigenvalue weighted by molar-refractivity contribution is 0.414. The molecule has 0 fully saturated rings. The number of pyridine rings is 1. The number of nitrogens with one attached hydrogen (secondary N) is 1. The van der Waals surface area contributed by atoms with Gasteiger partial charge in [-0.2, -0.15) is 0 Å². The zero-order chi connectivity index (χ0) is 13.7. The van der Waals surface area contributed by atoms with Gasteiger partial charge in [0, 0.05) is 18.3 Å². The van der Waals surface area contributed by atoms with Crippen LogP contribution in [-0.4, -0.2) is 18.6 Å². The lowest BCUT2D eigenvalue weighted by atomic mass is 9.99. The zero-order valence-electron chi connectivity index (χ0n) is 11.1. The number of rotatable bonds is 5. The number of benzene rings is 1. The summed E-state index contributed by atoms with van der Waals surface area (Å²) < 4.78 is 19.1. The molecule has 2 rings (SSSR count). The highest BCUT2D eigenvalue weighted by Gasteiger charge is 2.10. The van der Waals surface area contributed by atoms with Crippen molar-refractivity contribution in [2.45, 2.75) is 13.5 Å². The van der Waals surface area contributed by atoms with Crippen LogP contribution in [0.15, 0.2) is 36.7 Å². The van der Waals surface area contributed by atoms with Gasteiger partial charge in [0.2, 0.25) is 0 Å². The van der Waals surface area contributed by atoms with Crippen molar-refractivity contribution >= 4 is 0 Å². The van der Waals surface area contributed by atoms with Crippen LogP contribution in [0.25, 0.3) is 11.1 Å². The molecule has 1 aromatic heterocycles. The lowest BCUT2D eigenvalue weighted by Crippen LogP contribution is -2.12. The summed E-state index contributed by atoms with van der Waals surface area (Å²) in [4.78, 5) is 3.78. The number of nitrogens with zero attached hydrogens (tertiary/aromatic N) is 1. The van der Waals surface area contributed by atoms with E-state index in [9.17, 15) is 4.39 Å². The Morgan fingerprint density at radius 1 is 1.26 bits per heavy atom. The third kappa shape index (κ3) is 3.09. The van der Waals surface area contributed by atoms with Crippen molar-refractivity contribution in [2.75, 3.05) is 13.7 Å². The molecule has 0 spiro atoms. The molecule has 0 saturated carbocycles. The van der Waals surface area contributed by atoms with Gasteiger partial charge in [0.15, 0.2) is 0 Å². The van der Waals surface area contributed by atoms with Gasteiger partial charge in [0.1, 0.15) is 11.6 Å². The maximum Gasteiger partial charge on any atom is 0.149 e. The lowest BCUT2D eigenvalue weighted by Gasteiger charge is -2.12. The minimum Gasteiger partial charge on any atom is -0.497 e. The van der Waals surface area contributed by atoms with E-state index in [0.717, 1.165) is 23.4 Å². The first kappa shape index (κ1) is 13.5. The number of ether oxygens (including phenoxy) is 1. The molecule has 0 atom stereocenters. The number of halogens is 1. The molecule has 1 heterocycles. The molecule has 1 N–H and O–H groups in total. The first-order valence-electron chi connectivity index (χ1n) is 6.23. The third-order valence-electron chi connectivity index (χ3n) is 2.94. The molecular weight excluding hydrogens is 243 g/mol. The van der Waals surface area contributed by atoms with Crippen LogP contribution in [-0.2, 0) is 6.54 Å². The van der Waals surface area contributed by atoms with Crippen LogP contribution < -0.4 is 10.1 Å². The Kier molecular flexibility index (Phi) is 4.47. The van der Waals surface area contributed by atoms with Gasteiger partial charge in [-0.25, -0.2) is 4.39 Å². The van der Waals surface area contributed by atoms with Crippen LogP contribution >= 0.6 is 0 Å². The van der Waals surface area contributed by atoms with Gasteiger partial charge in [-0.3, -0.25) is 4.98 Å². The second-order valence-corrected chi connectivity index (χ2v) is 4.16. The minimum atomic E-state index is -0.314. The van der Waals surface area contributed by atoms with Crippen molar-refractivity contribution in [1.82, 2.24) is 10.3 Å². The molecule has 0 aliphatic heterocycles. The summed E-state index contributed by atoms with van der Waals surface area (Å²) >= 11 is 0. The average molecular weight is 260 g/mol. The second kappa shape index (κ2) is 6.29. The summed E-state index contributed by atoms with van der Waals surface area (Å²) in [6.45, 7) is 3.56. The van der Waals surface area contributed by atoms with Gasteiger partial charge in [0.05, 0.1) is 13.3 Å². The molecule has 0 radical (unpaired) electrons. The molecule has 2 aromatic rings. The molecule has 0 aliphatic rings. The summed E-state index contributed by atoms with van der Waals surface area (Å²) in [6.07, 6.45) is 2.83. The number of hydrogen-bond acceptors (Lipinski definition) is 3. The fraction of sp³-hybridized carbons (Fsp3) is 0.267. The summed E-state index contributed by atoms with van der Waals surface area (Å²) in [6, 6.07) is 7.33. The van der Waals surface area contributed by atoms with Crippen molar-refractivity contribution in [1.29, 1.82) is 0 Å². The minimum absolute atomic E-state index is 0.314. The van der Waals surface area contributed by atoms with Crippen LogP contribution in [0.1, 0.15) is 12.5 Å².